The summed E-state index contributed by atoms with van der Waals surface area (Å²) in [6.45, 7) is 4.31. The lowest BCUT2D eigenvalue weighted by atomic mass is 10.2. The molecule has 2 rings (SSSR count). The van der Waals surface area contributed by atoms with Crippen molar-refractivity contribution < 1.29 is 9.18 Å². The van der Waals surface area contributed by atoms with E-state index in [4.69, 9.17) is 0 Å². The van der Waals surface area contributed by atoms with E-state index in [-0.39, 0.29) is 11.7 Å². The van der Waals surface area contributed by atoms with Crippen LogP contribution >= 0.6 is 0 Å². The molecule has 1 aromatic rings. The smallest absolute Gasteiger partial charge is 0.247 e. The lowest BCUT2D eigenvalue weighted by Crippen LogP contribution is -2.31. The molecule has 0 saturated heterocycles. The standard InChI is InChI=1S/C15H18FNO/c1-11(2)8-15(18)17(14-6-7-14)10-12-4-3-5-13(16)9-12/h3-5,8-9,14H,6-7,10H2,1-2H3. The molecule has 2 nitrogen and oxygen atoms in total. The molecule has 1 aliphatic rings. The van der Waals surface area contributed by atoms with Gasteiger partial charge >= 0.3 is 0 Å². The van der Waals surface area contributed by atoms with E-state index in [2.05, 4.69) is 0 Å². The highest BCUT2D eigenvalue weighted by Gasteiger charge is 2.31. The third-order valence-electron chi connectivity index (χ3n) is 2.92. The highest BCUT2D eigenvalue weighted by molar-refractivity contribution is 5.88. The molecular weight excluding hydrogens is 229 g/mol. The van der Waals surface area contributed by atoms with Gasteiger partial charge in [-0.05, 0) is 44.4 Å². The van der Waals surface area contributed by atoms with E-state index < -0.39 is 0 Å². The largest absolute Gasteiger partial charge is 0.332 e. The maximum absolute atomic E-state index is 13.1. The van der Waals surface area contributed by atoms with Gasteiger partial charge < -0.3 is 4.90 Å². The van der Waals surface area contributed by atoms with Crippen molar-refractivity contribution in [2.45, 2.75) is 39.3 Å². The first-order valence-electron chi connectivity index (χ1n) is 6.26. The van der Waals surface area contributed by atoms with Crippen LogP contribution < -0.4 is 0 Å². The van der Waals surface area contributed by atoms with Crippen LogP contribution in [0.1, 0.15) is 32.3 Å². The molecule has 0 heterocycles. The molecule has 0 spiro atoms. The Morgan fingerprint density at radius 1 is 1.44 bits per heavy atom. The quantitative estimate of drug-likeness (QED) is 0.748. The summed E-state index contributed by atoms with van der Waals surface area (Å²) in [5.41, 5.74) is 1.84. The van der Waals surface area contributed by atoms with Crippen molar-refractivity contribution >= 4 is 5.91 Å². The third-order valence-corrected chi connectivity index (χ3v) is 2.92. The summed E-state index contributed by atoms with van der Waals surface area (Å²) in [5.74, 6) is -0.223. The van der Waals surface area contributed by atoms with Crippen molar-refractivity contribution in [3.05, 3.63) is 47.3 Å². The van der Waals surface area contributed by atoms with Gasteiger partial charge in [0.15, 0.2) is 0 Å². The number of hydrogen-bond acceptors (Lipinski definition) is 1. The molecule has 0 atom stereocenters. The fourth-order valence-corrected chi connectivity index (χ4v) is 1.94. The van der Waals surface area contributed by atoms with Crippen molar-refractivity contribution in [3.63, 3.8) is 0 Å². The zero-order valence-corrected chi connectivity index (χ0v) is 10.8. The van der Waals surface area contributed by atoms with Crippen molar-refractivity contribution in [2.24, 2.45) is 0 Å². The van der Waals surface area contributed by atoms with E-state index in [0.29, 0.717) is 12.6 Å². The van der Waals surface area contributed by atoms with E-state index >= 15 is 0 Å². The summed E-state index contributed by atoms with van der Waals surface area (Å²) in [5, 5.41) is 0. The van der Waals surface area contributed by atoms with Gasteiger partial charge in [0.1, 0.15) is 5.82 Å². The van der Waals surface area contributed by atoms with E-state index in [1.54, 1.807) is 12.1 Å². The second kappa shape index (κ2) is 5.34. The molecule has 1 saturated carbocycles. The average Bonchev–Trinajstić information content (AvgIpc) is 3.08. The molecule has 1 aliphatic carbocycles. The van der Waals surface area contributed by atoms with Gasteiger partial charge in [0.05, 0.1) is 0 Å². The number of hydrogen-bond donors (Lipinski definition) is 0. The first kappa shape index (κ1) is 12.8. The van der Waals surface area contributed by atoms with Crippen molar-refractivity contribution in [1.82, 2.24) is 4.90 Å². The SMILES string of the molecule is CC(C)=CC(=O)N(Cc1cccc(F)c1)C1CC1. The predicted molar refractivity (Wildman–Crippen MR) is 69.4 cm³/mol. The van der Waals surface area contributed by atoms with Crippen LogP contribution in [0.15, 0.2) is 35.9 Å². The minimum atomic E-state index is -0.252. The molecule has 0 aliphatic heterocycles. The predicted octanol–water partition coefficient (Wildman–Crippen LogP) is 3.28. The van der Waals surface area contributed by atoms with Crippen LogP contribution in [-0.2, 0) is 11.3 Å². The Kier molecular flexibility index (Phi) is 3.80. The number of benzene rings is 1. The highest BCUT2D eigenvalue weighted by atomic mass is 19.1. The van der Waals surface area contributed by atoms with Crippen molar-refractivity contribution in [2.75, 3.05) is 0 Å². The molecule has 0 unspecified atom stereocenters. The normalized spacial score (nSPS) is 14.2. The van der Waals surface area contributed by atoms with Crippen molar-refractivity contribution in [3.8, 4) is 0 Å². The molecule has 0 bridgehead atoms. The summed E-state index contributed by atoms with van der Waals surface area (Å²) < 4.78 is 13.1. The Bertz CT molecular complexity index is 473. The zero-order chi connectivity index (χ0) is 13.1. The molecule has 3 heteroatoms. The van der Waals surface area contributed by atoms with Gasteiger partial charge in [0, 0.05) is 18.7 Å². The second-order valence-electron chi connectivity index (χ2n) is 5.05. The van der Waals surface area contributed by atoms with Gasteiger partial charge in [-0.1, -0.05) is 17.7 Å². The van der Waals surface area contributed by atoms with Crippen molar-refractivity contribution in [1.29, 1.82) is 0 Å². The average molecular weight is 247 g/mol. The molecule has 1 amide bonds. The lowest BCUT2D eigenvalue weighted by molar-refractivity contribution is -0.127. The number of rotatable bonds is 4. The van der Waals surface area contributed by atoms with Gasteiger partial charge in [-0.15, -0.1) is 0 Å². The fraction of sp³-hybridized carbons (Fsp3) is 0.400. The highest BCUT2D eigenvalue weighted by Crippen LogP contribution is 2.28. The molecule has 18 heavy (non-hydrogen) atoms. The van der Waals surface area contributed by atoms with Gasteiger partial charge in [0.2, 0.25) is 5.91 Å². The Morgan fingerprint density at radius 3 is 2.72 bits per heavy atom. The summed E-state index contributed by atoms with van der Waals surface area (Å²) >= 11 is 0. The van der Waals surface area contributed by atoms with Crippen LogP contribution in [-0.4, -0.2) is 16.8 Å². The van der Waals surface area contributed by atoms with Crippen LogP contribution in [0.3, 0.4) is 0 Å². The molecule has 0 N–H and O–H groups in total. The molecule has 96 valence electrons. The van der Waals surface area contributed by atoms with Gasteiger partial charge in [-0.25, -0.2) is 4.39 Å². The molecule has 1 fully saturated rings. The lowest BCUT2D eigenvalue weighted by Gasteiger charge is -2.21. The van der Waals surface area contributed by atoms with Gasteiger partial charge in [-0.2, -0.15) is 0 Å². The summed E-state index contributed by atoms with van der Waals surface area (Å²) in [6.07, 6.45) is 3.76. The van der Waals surface area contributed by atoms with Gasteiger partial charge in [0.25, 0.3) is 0 Å². The Balaban J connectivity index is 2.12. The topological polar surface area (TPSA) is 20.3 Å². The first-order chi connectivity index (χ1) is 8.56. The number of halogens is 1. The number of carbonyl (C=O) groups excluding carboxylic acids is 1. The van der Waals surface area contributed by atoms with E-state index in [1.807, 2.05) is 24.8 Å². The third kappa shape index (κ3) is 3.42. The first-order valence-corrected chi connectivity index (χ1v) is 6.26. The molecule has 1 aromatic carbocycles. The number of nitrogens with zero attached hydrogens (tertiary/aromatic N) is 1. The maximum atomic E-state index is 13.1. The van der Waals surface area contributed by atoms with Gasteiger partial charge in [-0.3, -0.25) is 4.79 Å². The summed E-state index contributed by atoms with van der Waals surface area (Å²) in [6, 6.07) is 6.78. The van der Waals surface area contributed by atoms with Crippen LogP contribution in [0.5, 0.6) is 0 Å². The number of amides is 1. The van der Waals surface area contributed by atoms with Crippen LogP contribution in [0.2, 0.25) is 0 Å². The van der Waals surface area contributed by atoms with E-state index in [0.717, 1.165) is 24.0 Å². The second-order valence-corrected chi connectivity index (χ2v) is 5.05. The van der Waals surface area contributed by atoms with Crippen LogP contribution in [0.25, 0.3) is 0 Å². The molecule has 0 aromatic heterocycles. The Morgan fingerprint density at radius 2 is 2.17 bits per heavy atom. The Labute approximate surface area is 107 Å². The molecule has 0 radical (unpaired) electrons. The fourth-order valence-electron chi connectivity index (χ4n) is 1.94. The summed E-state index contributed by atoms with van der Waals surface area (Å²) in [4.78, 5) is 13.9. The monoisotopic (exact) mass is 247 g/mol. The molecular formula is C15H18FNO. The van der Waals surface area contributed by atoms with E-state index in [1.165, 1.54) is 12.1 Å². The number of allylic oxidation sites excluding steroid dienone is 1. The van der Waals surface area contributed by atoms with E-state index in [9.17, 15) is 9.18 Å². The summed E-state index contributed by atoms with van der Waals surface area (Å²) in [7, 11) is 0. The minimum absolute atomic E-state index is 0.0294. The Hall–Kier alpha value is -1.64. The maximum Gasteiger partial charge on any atom is 0.247 e. The minimum Gasteiger partial charge on any atom is -0.332 e. The van der Waals surface area contributed by atoms with Crippen LogP contribution in [0, 0.1) is 5.82 Å². The van der Waals surface area contributed by atoms with Crippen LogP contribution in [0.4, 0.5) is 4.39 Å². The number of carbonyl (C=O) groups is 1. The zero-order valence-electron chi connectivity index (χ0n) is 10.8.